The Kier molecular flexibility index (Phi) is 4.85. The minimum atomic E-state index is 0.153. The molecule has 1 aromatic carbocycles. The molecule has 1 saturated heterocycles. The predicted molar refractivity (Wildman–Crippen MR) is 94.6 cm³/mol. The molecule has 3 N–H and O–H groups in total. The van der Waals surface area contributed by atoms with E-state index in [1.54, 1.807) is 0 Å². The van der Waals surface area contributed by atoms with Crippen molar-refractivity contribution in [1.82, 2.24) is 14.9 Å². The van der Waals surface area contributed by atoms with Crippen LogP contribution in [0.15, 0.2) is 30.3 Å². The highest BCUT2D eigenvalue weighted by molar-refractivity contribution is 6.31. The van der Waals surface area contributed by atoms with Crippen molar-refractivity contribution in [3.63, 3.8) is 0 Å². The number of benzene rings is 1. The van der Waals surface area contributed by atoms with Crippen molar-refractivity contribution in [3.8, 4) is 0 Å². The Bertz CT molecular complexity index is 731. The number of amides is 1. The lowest BCUT2D eigenvalue weighted by Gasteiger charge is -2.18. The highest BCUT2D eigenvalue weighted by atomic mass is 35.5. The molecule has 1 atom stereocenters. The van der Waals surface area contributed by atoms with Gasteiger partial charge in [-0.1, -0.05) is 29.8 Å². The summed E-state index contributed by atoms with van der Waals surface area (Å²) in [6, 6.07) is 9.46. The third-order valence-corrected chi connectivity index (χ3v) is 4.43. The highest BCUT2D eigenvalue weighted by Gasteiger charge is 2.29. The maximum atomic E-state index is 12.2. The van der Waals surface area contributed by atoms with Crippen molar-refractivity contribution in [2.24, 2.45) is 5.92 Å². The van der Waals surface area contributed by atoms with Crippen molar-refractivity contribution in [1.29, 1.82) is 0 Å². The normalized spacial score (nSPS) is 17.3. The summed E-state index contributed by atoms with van der Waals surface area (Å²) < 4.78 is 0. The molecule has 0 bridgehead atoms. The fraction of sp³-hybridized carbons (Fsp3) is 0.353. The van der Waals surface area contributed by atoms with Gasteiger partial charge in [0, 0.05) is 48.8 Å². The SMILES string of the molecule is Cc1cc(NCC2CC(=O)N(Cc3ccccc3Cl)C2)nc(N)n1. The van der Waals surface area contributed by atoms with Gasteiger partial charge in [0.05, 0.1) is 0 Å². The second kappa shape index (κ2) is 7.05. The molecule has 7 heteroatoms. The number of aryl methyl sites for hydroxylation is 1. The van der Waals surface area contributed by atoms with Crippen LogP contribution in [0.25, 0.3) is 0 Å². The fourth-order valence-corrected chi connectivity index (χ4v) is 3.10. The first kappa shape index (κ1) is 16.5. The van der Waals surface area contributed by atoms with Crippen LogP contribution < -0.4 is 11.1 Å². The number of nitrogen functional groups attached to an aromatic ring is 1. The molecule has 1 aliphatic heterocycles. The molecule has 24 heavy (non-hydrogen) atoms. The molecule has 2 heterocycles. The zero-order valence-electron chi connectivity index (χ0n) is 13.5. The van der Waals surface area contributed by atoms with Crippen molar-refractivity contribution >= 4 is 29.3 Å². The molecule has 126 valence electrons. The Hall–Kier alpha value is -2.34. The van der Waals surface area contributed by atoms with Crippen molar-refractivity contribution in [3.05, 3.63) is 46.6 Å². The summed E-state index contributed by atoms with van der Waals surface area (Å²) in [6.45, 7) is 3.79. The summed E-state index contributed by atoms with van der Waals surface area (Å²) in [6.07, 6.45) is 0.525. The predicted octanol–water partition coefficient (Wildman–Crippen LogP) is 2.48. The van der Waals surface area contributed by atoms with Crippen molar-refractivity contribution < 1.29 is 4.79 Å². The van der Waals surface area contributed by atoms with E-state index in [-0.39, 0.29) is 17.8 Å². The van der Waals surface area contributed by atoms with Crippen molar-refractivity contribution in [2.45, 2.75) is 19.9 Å². The first-order valence-electron chi connectivity index (χ1n) is 7.87. The number of nitrogens with two attached hydrogens (primary N) is 1. The number of rotatable bonds is 5. The summed E-state index contributed by atoms with van der Waals surface area (Å²) >= 11 is 6.18. The lowest BCUT2D eigenvalue weighted by Crippen LogP contribution is -2.25. The number of aromatic nitrogens is 2. The third-order valence-electron chi connectivity index (χ3n) is 4.06. The van der Waals surface area contributed by atoms with E-state index in [2.05, 4.69) is 15.3 Å². The van der Waals surface area contributed by atoms with Gasteiger partial charge in [-0.2, -0.15) is 4.98 Å². The molecule has 0 spiro atoms. The van der Waals surface area contributed by atoms with Gasteiger partial charge >= 0.3 is 0 Å². The number of anilines is 2. The molecular formula is C17H20ClN5O. The second-order valence-corrected chi connectivity index (χ2v) is 6.48. The molecule has 1 unspecified atom stereocenters. The van der Waals surface area contributed by atoms with Gasteiger partial charge in [-0.25, -0.2) is 4.98 Å². The van der Waals surface area contributed by atoms with Crippen LogP contribution >= 0.6 is 11.6 Å². The van der Waals surface area contributed by atoms with E-state index < -0.39 is 0 Å². The molecule has 0 aliphatic carbocycles. The van der Waals surface area contributed by atoms with Crippen LogP contribution in [0.1, 0.15) is 17.7 Å². The topological polar surface area (TPSA) is 84.1 Å². The van der Waals surface area contributed by atoms with Crippen LogP contribution in [-0.2, 0) is 11.3 Å². The van der Waals surface area contributed by atoms with Crippen LogP contribution in [0.5, 0.6) is 0 Å². The number of likely N-dealkylation sites (tertiary alicyclic amines) is 1. The molecule has 1 amide bonds. The molecule has 6 nitrogen and oxygen atoms in total. The van der Waals surface area contributed by atoms with Crippen LogP contribution in [0.3, 0.4) is 0 Å². The minimum Gasteiger partial charge on any atom is -0.370 e. The Morgan fingerprint density at radius 2 is 2.17 bits per heavy atom. The molecule has 3 rings (SSSR count). The van der Waals surface area contributed by atoms with Crippen LogP contribution in [0.4, 0.5) is 11.8 Å². The van der Waals surface area contributed by atoms with E-state index in [9.17, 15) is 4.79 Å². The second-order valence-electron chi connectivity index (χ2n) is 6.07. The maximum absolute atomic E-state index is 12.2. The number of carbonyl (C=O) groups excluding carboxylic acids is 1. The van der Waals surface area contributed by atoms with Gasteiger partial charge < -0.3 is 16.0 Å². The van der Waals surface area contributed by atoms with Gasteiger partial charge in [0.25, 0.3) is 0 Å². The quantitative estimate of drug-likeness (QED) is 0.869. The average Bonchev–Trinajstić information content (AvgIpc) is 2.87. The van der Waals surface area contributed by atoms with Gasteiger partial charge in [0.15, 0.2) is 0 Å². The number of hydrogen-bond acceptors (Lipinski definition) is 5. The smallest absolute Gasteiger partial charge is 0.223 e. The summed E-state index contributed by atoms with van der Waals surface area (Å²) in [7, 11) is 0. The minimum absolute atomic E-state index is 0.153. The third kappa shape index (κ3) is 3.94. The zero-order chi connectivity index (χ0) is 17.1. The Balaban J connectivity index is 1.57. The molecule has 0 saturated carbocycles. The first-order chi connectivity index (χ1) is 11.5. The Morgan fingerprint density at radius 3 is 2.92 bits per heavy atom. The van der Waals surface area contributed by atoms with E-state index in [0.29, 0.717) is 36.9 Å². The van der Waals surface area contributed by atoms with Gasteiger partial charge in [-0.15, -0.1) is 0 Å². The molecule has 1 fully saturated rings. The number of hydrogen-bond donors (Lipinski definition) is 2. The highest BCUT2D eigenvalue weighted by Crippen LogP contribution is 2.23. The monoisotopic (exact) mass is 345 g/mol. The summed E-state index contributed by atoms with van der Waals surface area (Å²) in [5, 5.41) is 3.94. The lowest BCUT2D eigenvalue weighted by atomic mass is 10.1. The zero-order valence-corrected chi connectivity index (χ0v) is 14.3. The molecule has 0 radical (unpaired) electrons. The molecule has 2 aromatic rings. The number of carbonyl (C=O) groups is 1. The number of nitrogens with zero attached hydrogens (tertiary/aromatic N) is 3. The van der Waals surface area contributed by atoms with E-state index >= 15 is 0 Å². The van der Waals surface area contributed by atoms with E-state index in [1.807, 2.05) is 42.2 Å². The summed E-state index contributed by atoms with van der Waals surface area (Å²) in [5.74, 6) is 1.33. The summed E-state index contributed by atoms with van der Waals surface area (Å²) in [4.78, 5) is 22.3. The summed E-state index contributed by atoms with van der Waals surface area (Å²) in [5.41, 5.74) is 7.44. The van der Waals surface area contributed by atoms with Gasteiger partial charge in [-0.05, 0) is 18.6 Å². The molecular weight excluding hydrogens is 326 g/mol. The van der Waals surface area contributed by atoms with E-state index in [0.717, 1.165) is 11.3 Å². The Labute approximate surface area is 146 Å². The molecule has 1 aliphatic rings. The first-order valence-corrected chi connectivity index (χ1v) is 8.25. The van der Waals surface area contributed by atoms with E-state index in [1.165, 1.54) is 0 Å². The molecule has 1 aromatic heterocycles. The largest absolute Gasteiger partial charge is 0.370 e. The lowest BCUT2D eigenvalue weighted by molar-refractivity contribution is -0.128. The van der Waals surface area contributed by atoms with Crippen LogP contribution in [0.2, 0.25) is 5.02 Å². The Morgan fingerprint density at radius 1 is 1.38 bits per heavy atom. The van der Waals surface area contributed by atoms with Gasteiger partial charge in [0.1, 0.15) is 5.82 Å². The van der Waals surface area contributed by atoms with Crippen molar-refractivity contribution in [2.75, 3.05) is 24.1 Å². The maximum Gasteiger partial charge on any atom is 0.223 e. The van der Waals surface area contributed by atoms with Crippen LogP contribution in [-0.4, -0.2) is 33.9 Å². The van der Waals surface area contributed by atoms with Gasteiger partial charge in [0.2, 0.25) is 11.9 Å². The van der Waals surface area contributed by atoms with Gasteiger partial charge in [-0.3, -0.25) is 4.79 Å². The standard InChI is InChI=1S/C17H20ClN5O/c1-11-6-15(22-17(19)21-11)20-8-12-7-16(24)23(9-12)10-13-4-2-3-5-14(13)18/h2-6,12H,7-10H2,1H3,(H3,19,20,21,22). The fourth-order valence-electron chi connectivity index (χ4n) is 2.91. The van der Waals surface area contributed by atoms with Crippen LogP contribution in [0, 0.1) is 12.8 Å². The van der Waals surface area contributed by atoms with E-state index in [4.69, 9.17) is 17.3 Å². The number of halogens is 1. The number of nitrogens with one attached hydrogen (secondary N) is 1. The average molecular weight is 346 g/mol.